The van der Waals surface area contributed by atoms with Crippen LogP contribution >= 0.6 is 11.8 Å². The number of nitrogens with zero attached hydrogens (tertiary/aromatic N) is 2. The summed E-state index contributed by atoms with van der Waals surface area (Å²) in [5.74, 6) is -0.228. The van der Waals surface area contributed by atoms with Crippen LogP contribution in [-0.2, 0) is 6.18 Å². The fourth-order valence-electron chi connectivity index (χ4n) is 2.41. The molecule has 28 heavy (non-hydrogen) atoms. The highest BCUT2D eigenvalue weighted by Crippen LogP contribution is 2.30. The number of aromatic nitrogens is 2. The molecule has 3 rings (SSSR count). The van der Waals surface area contributed by atoms with Gasteiger partial charge in [-0.1, -0.05) is 23.9 Å². The summed E-state index contributed by atoms with van der Waals surface area (Å²) >= 11 is 1.18. The molecule has 0 unspecified atom stereocenters. The van der Waals surface area contributed by atoms with Gasteiger partial charge in [-0.15, -0.1) is 0 Å². The van der Waals surface area contributed by atoms with E-state index in [0.717, 1.165) is 12.1 Å². The Morgan fingerprint density at radius 2 is 1.64 bits per heavy atom. The molecule has 0 aliphatic carbocycles. The summed E-state index contributed by atoms with van der Waals surface area (Å²) in [4.78, 5) is 20.8. The largest absolute Gasteiger partial charge is 0.416 e. The van der Waals surface area contributed by atoms with Gasteiger partial charge in [-0.05, 0) is 49.4 Å². The molecule has 0 radical (unpaired) electrons. The van der Waals surface area contributed by atoms with Crippen LogP contribution in [0.2, 0.25) is 0 Å². The summed E-state index contributed by atoms with van der Waals surface area (Å²) in [5, 5.41) is 0.526. The van der Waals surface area contributed by atoms with Crippen molar-refractivity contribution in [3.8, 4) is 11.4 Å². The molecule has 0 fully saturated rings. The highest BCUT2D eigenvalue weighted by Gasteiger charge is 2.30. The quantitative estimate of drug-likeness (QED) is 0.240. The minimum Gasteiger partial charge on any atom is -0.293 e. The molecule has 1 aromatic heterocycles. The van der Waals surface area contributed by atoms with Gasteiger partial charge in [-0.25, -0.2) is 14.4 Å². The van der Waals surface area contributed by atoms with E-state index in [9.17, 15) is 22.4 Å². The minimum absolute atomic E-state index is 0.0918. The molecule has 2 aromatic carbocycles. The molecule has 0 atom stereocenters. The normalized spacial score (nSPS) is 11.5. The van der Waals surface area contributed by atoms with E-state index in [2.05, 4.69) is 9.97 Å². The van der Waals surface area contributed by atoms with Crippen molar-refractivity contribution in [1.82, 2.24) is 9.97 Å². The SMILES string of the molecule is Cc1cc(SCC(=O)c2ccc(F)cc2)nc(-c2ccc(C(F)(F)F)cc2)n1. The van der Waals surface area contributed by atoms with E-state index in [4.69, 9.17) is 0 Å². The number of Topliss-reactive ketones (excluding diaryl/α,β-unsaturated/α-hetero) is 1. The Morgan fingerprint density at radius 3 is 2.25 bits per heavy atom. The van der Waals surface area contributed by atoms with Crippen LogP contribution in [0.3, 0.4) is 0 Å². The number of thioether (sulfide) groups is 1. The van der Waals surface area contributed by atoms with Gasteiger partial charge in [0.05, 0.1) is 11.3 Å². The summed E-state index contributed by atoms with van der Waals surface area (Å²) in [5.41, 5.74) is 0.719. The topological polar surface area (TPSA) is 42.9 Å². The van der Waals surface area contributed by atoms with E-state index in [-0.39, 0.29) is 17.4 Å². The molecule has 0 amide bonds. The molecule has 0 saturated carbocycles. The zero-order valence-electron chi connectivity index (χ0n) is 14.6. The van der Waals surface area contributed by atoms with Gasteiger partial charge in [-0.3, -0.25) is 4.79 Å². The molecule has 0 saturated heterocycles. The zero-order valence-corrected chi connectivity index (χ0v) is 15.4. The molecule has 0 N–H and O–H groups in total. The van der Waals surface area contributed by atoms with Crippen LogP contribution < -0.4 is 0 Å². The highest BCUT2D eigenvalue weighted by molar-refractivity contribution is 7.99. The lowest BCUT2D eigenvalue weighted by atomic mass is 10.1. The second kappa shape index (κ2) is 8.10. The van der Waals surface area contributed by atoms with E-state index in [1.165, 1.54) is 48.2 Å². The summed E-state index contributed by atoms with van der Waals surface area (Å²) in [6.07, 6.45) is -4.41. The van der Waals surface area contributed by atoms with Crippen LogP contribution in [0.15, 0.2) is 59.6 Å². The van der Waals surface area contributed by atoms with Crippen LogP contribution in [0.25, 0.3) is 11.4 Å². The Hall–Kier alpha value is -2.74. The van der Waals surface area contributed by atoms with E-state index in [0.29, 0.717) is 21.8 Å². The lowest BCUT2D eigenvalue weighted by Crippen LogP contribution is -2.05. The van der Waals surface area contributed by atoms with Crippen LogP contribution in [0.1, 0.15) is 21.6 Å². The predicted molar refractivity (Wildman–Crippen MR) is 98.7 cm³/mol. The summed E-state index contributed by atoms with van der Waals surface area (Å²) in [6, 6.07) is 11.5. The van der Waals surface area contributed by atoms with E-state index < -0.39 is 17.6 Å². The minimum atomic E-state index is -4.41. The number of rotatable bonds is 5. The maximum atomic E-state index is 12.9. The number of benzene rings is 2. The third-order valence-electron chi connectivity index (χ3n) is 3.82. The number of ketones is 1. The average molecular weight is 406 g/mol. The van der Waals surface area contributed by atoms with Crippen molar-refractivity contribution in [2.45, 2.75) is 18.1 Å². The Balaban J connectivity index is 1.76. The van der Waals surface area contributed by atoms with E-state index in [1.807, 2.05) is 0 Å². The first kappa shape index (κ1) is 20.0. The van der Waals surface area contributed by atoms with Crippen molar-refractivity contribution in [2.24, 2.45) is 0 Å². The maximum absolute atomic E-state index is 12.9. The van der Waals surface area contributed by atoms with Crippen molar-refractivity contribution in [1.29, 1.82) is 0 Å². The van der Waals surface area contributed by atoms with Gasteiger partial charge < -0.3 is 0 Å². The third-order valence-corrected chi connectivity index (χ3v) is 4.73. The lowest BCUT2D eigenvalue weighted by molar-refractivity contribution is -0.137. The maximum Gasteiger partial charge on any atom is 0.416 e. The average Bonchev–Trinajstić information content (AvgIpc) is 2.66. The number of hydrogen-bond acceptors (Lipinski definition) is 4. The molecule has 3 nitrogen and oxygen atoms in total. The van der Waals surface area contributed by atoms with Gasteiger partial charge in [0.15, 0.2) is 11.6 Å². The van der Waals surface area contributed by atoms with Crippen molar-refractivity contribution in [3.05, 3.63) is 77.2 Å². The van der Waals surface area contributed by atoms with Gasteiger partial charge in [0.1, 0.15) is 10.8 Å². The first-order valence-corrected chi connectivity index (χ1v) is 9.16. The van der Waals surface area contributed by atoms with Crippen molar-refractivity contribution in [2.75, 3.05) is 5.75 Å². The van der Waals surface area contributed by atoms with Gasteiger partial charge in [0.25, 0.3) is 0 Å². The number of carbonyl (C=O) groups excluding carboxylic acids is 1. The smallest absolute Gasteiger partial charge is 0.293 e. The number of halogens is 4. The molecule has 0 bridgehead atoms. The van der Waals surface area contributed by atoms with Crippen LogP contribution in [-0.4, -0.2) is 21.5 Å². The number of aryl methyl sites for hydroxylation is 1. The summed E-state index contributed by atoms with van der Waals surface area (Å²) in [7, 11) is 0. The molecule has 0 aliphatic rings. The van der Waals surface area contributed by atoms with E-state index in [1.54, 1.807) is 13.0 Å². The molecular formula is C20H14F4N2OS. The van der Waals surface area contributed by atoms with Crippen molar-refractivity contribution < 1.29 is 22.4 Å². The number of carbonyl (C=O) groups is 1. The Kier molecular flexibility index (Phi) is 5.79. The highest BCUT2D eigenvalue weighted by atomic mass is 32.2. The Morgan fingerprint density at radius 1 is 1.00 bits per heavy atom. The zero-order chi connectivity index (χ0) is 20.3. The first-order valence-electron chi connectivity index (χ1n) is 8.17. The van der Waals surface area contributed by atoms with Crippen molar-refractivity contribution >= 4 is 17.5 Å². The number of alkyl halides is 3. The Labute approximate surface area is 162 Å². The van der Waals surface area contributed by atoms with Gasteiger partial charge in [0, 0.05) is 16.8 Å². The van der Waals surface area contributed by atoms with Gasteiger partial charge in [0.2, 0.25) is 0 Å². The first-order chi connectivity index (χ1) is 13.2. The monoisotopic (exact) mass is 406 g/mol. The van der Waals surface area contributed by atoms with Gasteiger partial charge in [-0.2, -0.15) is 13.2 Å². The van der Waals surface area contributed by atoms with Gasteiger partial charge >= 0.3 is 6.18 Å². The van der Waals surface area contributed by atoms with Crippen LogP contribution in [0.5, 0.6) is 0 Å². The standard InChI is InChI=1S/C20H14F4N2OS/c1-12-10-18(28-11-17(27)13-4-8-16(21)9-5-13)26-19(25-12)14-2-6-15(7-3-14)20(22,23)24/h2-10H,11H2,1H3. The molecular weight excluding hydrogens is 392 g/mol. The van der Waals surface area contributed by atoms with Crippen LogP contribution in [0, 0.1) is 12.7 Å². The second-order valence-corrected chi connectivity index (χ2v) is 6.96. The molecule has 144 valence electrons. The van der Waals surface area contributed by atoms with Crippen molar-refractivity contribution in [3.63, 3.8) is 0 Å². The molecule has 0 aliphatic heterocycles. The fourth-order valence-corrected chi connectivity index (χ4v) is 3.26. The summed E-state index contributed by atoms with van der Waals surface area (Å²) < 4.78 is 51.0. The Bertz CT molecular complexity index is 987. The molecule has 0 spiro atoms. The fraction of sp³-hybridized carbons (Fsp3) is 0.150. The van der Waals surface area contributed by atoms with E-state index >= 15 is 0 Å². The molecule has 3 aromatic rings. The van der Waals surface area contributed by atoms with Crippen LogP contribution in [0.4, 0.5) is 17.6 Å². The second-order valence-electron chi connectivity index (χ2n) is 5.97. The molecule has 1 heterocycles. The predicted octanol–water partition coefficient (Wildman–Crippen LogP) is 5.58. The lowest BCUT2D eigenvalue weighted by Gasteiger charge is -2.09. The number of hydrogen-bond donors (Lipinski definition) is 0. The third kappa shape index (κ3) is 4.95. The summed E-state index contributed by atoms with van der Waals surface area (Å²) in [6.45, 7) is 1.74. The molecule has 8 heteroatoms.